The van der Waals surface area contributed by atoms with Crippen molar-refractivity contribution in [2.45, 2.75) is 36.6 Å². The van der Waals surface area contributed by atoms with Gasteiger partial charge in [0.15, 0.2) is 0 Å². The Balaban J connectivity index is 1.55. The summed E-state index contributed by atoms with van der Waals surface area (Å²) in [6.07, 6.45) is 1.50. The van der Waals surface area contributed by atoms with Crippen molar-refractivity contribution in [2.75, 3.05) is 11.9 Å². The molecule has 0 saturated carbocycles. The first-order valence-corrected chi connectivity index (χ1v) is 9.83. The lowest BCUT2D eigenvalue weighted by Crippen LogP contribution is -2.28. The SMILES string of the molecule is O=C(NCc1cccc(CN2CCCC2=O)c1)Nc1ccccc1SC(F)F. The summed E-state index contributed by atoms with van der Waals surface area (Å²) in [5, 5.41) is 5.34. The zero-order valence-corrected chi connectivity index (χ0v) is 16.0. The number of carbonyl (C=O) groups is 2. The molecule has 1 saturated heterocycles. The minimum absolute atomic E-state index is 0.170. The first kappa shape index (κ1) is 20.1. The second-order valence-electron chi connectivity index (χ2n) is 6.42. The van der Waals surface area contributed by atoms with E-state index in [2.05, 4.69) is 10.6 Å². The zero-order valence-electron chi connectivity index (χ0n) is 15.2. The van der Waals surface area contributed by atoms with E-state index in [1.54, 1.807) is 18.2 Å². The van der Waals surface area contributed by atoms with Crippen molar-refractivity contribution in [1.29, 1.82) is 0 Å². The van der Waals surface area contributed by atoms with Gasteiger partial charge in [-0.05, 0) is 29.7 Å². The molecule has 3 amide bonds. The fourth-order valence-electron chi connectivity index (χ4n) is 3.05. The van der Waals surface area contributed by atoms with Crippen LogP contribution in [0.1, 0.15) is 24.0 Å². The molecule has 1 fully saturated rings. The number of amides is 3. The smallest absolute Gasteiger partial charge is 0.319 e. The largest absolute Gasteiger partial charge is 0.338 e. The molecule has 1 aliphatic heterocycles. The molecular formula is C20H21F2N3O2S. The number of nitrogens with zero attached hydrogens (tertiary/aromatic N) is 1. The van der Waals surface area contributed by atoms with Crippen molar-refractivity contribution in [3.63, 3.8) is 0 Å². The number of likely N-dealkylation sites (tertiary alicyclic amines) is 1. The standard InChI is InChI=1S/C20H21F2N3O2S/c21-19(22)28-17-8-2-1-7-16(17)24-20(27)23-12-14-5-3-6-15(11-14)13-25-10-4-9-18(25)26/h1-3,5-8,11,19H,4,9-10,12-13H2,(H2,23,24,27). The van der Waals surface area contributed by atoms with Crippen LogP contribution in [-0.4, -0.2) is 29.1 Å². The minimum atomic E-state index is -2.56. The number of para-hydroxylation sites is 1. The Morgan fingerprint density at radius 3 is 2.68 bits per heavy atom. The van der Waals surface area contributed by atoms with Crippen molar-refractivity contribution < 1.29 is 18.4 Å². The van der Waals surface area contributed by atoms with E-state index in [1.807, 2.05) is 29.2 Å². The Morgan fingerprint density at radius 2 is 1.93 bits per heavy atom. The number of hydrogen-bond donors (Lipinski definition) is 2. The van der Waals surface area contributed by atoms with Crippen molar-refractivity contribution in [3.05, 3.63) is 59.7 Å². The molecule has 0 aromatic heterocycles. The van der Waals surface area contributed by atoms with E-state index in [9.17, 15) is 18.4 Å². The predicted molar refractivity (Wildman–Crippen MR) is 105 cm³/mol. The van der Waals surface area contributed by atoms with Crippen LogP contribution in [0.15, 0.2) is 53.4 Å². The average molecular weight is 405 g/mol. The van der Waals surface area contributed by atoms with E-state index in [4.69, 9.17) is 0 Å². The Bertz CT molecular complexity index is 848. The molecule has 0 spiro atoms. The topological polar surface area (TPSA) is 61.4 Å². The first-order valence-electron chi connectivity index (χ1n) is 8.95. The molecular weight excluding hydrogens is 384 g/mol. The van der Waals surface area contributed by atoms with Gasteiger partial charge in [-0.2, -0.15) is 8.78 Å². The molecule has 5 nitrogen and oxygen atoms in total. The zero-order chi connectivity index (χ0) is 19.9. The summed E-state index contributed by atoms with van der Waals surface area (Å²) in [5.41, 5.74) is 2.25. The summed E-state index contributed by atoms with van der Waals surface area (Å²) >= 11 is 0.391. The van der Waals surface area contributed by atoms with Crippen molar-refractivity contribution in [1.82, 2.24) is 10.2 Å². The molecule has 2 aromatic rings. The average Bonchev–Trinajstić information content (AvgIpc) is 3.06. The van der Waals surface area contributed by atoms with Gasteiger partial charge >= 0.3 is 6.03 Å². The van der Waals surface area contributed by atoms with E-state index in [0.717, 1.165) is 24.1 Å². The number of urea groups is 1. The van der Waals surface area contributed by atoms with E-state index in [1.165, 1.54) is 6.07 Å². The molecule has 28 heavy (non-hydrogen) atoms. The Hall–Kier alpha value is -2.61. The number of nitrogens with one attached hydrogen (secondary N) is 2. The van der Waals surface area contributed by atoms with E-state index in [0.29, 0.717) is 35.3 Å². The van der Waals surface area contributed by atoms with Crippen LogP contribution in [0.3, 0.4) is 0 Å². The van der Waals surface area contributed by atoms with Crippen LogP contribution < -0.4 is 10.6 Å². The number of anilines is 1. The van der Waals surface area contributed by atoms with E-state index in [-0.39, 0.29) is 12.5 Å². The summed E-state index contributed by atoms with van der Waals surface area (Å²) in [4.78, 5) is 26.1. The maximum absolute atomic E-state index is 12.6. The number of thioether (sulfide) groups is 1. The van der Waals surface area contributed by atoms with E-state index < -0.39 is 11.8 Å². The van der Waals surface area contributed by atoms with Gasteiger partial charge in [0.1, 0.15) is 0 Å². The van der Waals surface area contributed by atoms with Crippen molar-refractivity contribution in [2.24, 2.45) is 0 Å². The molecule has 3 rings (SSSR count). The Kier molecular flexibility index (Phi) is 6.86. The molecule has 8 heteroatoms. The Morgan fingerprint density at radius 1 is 1.14 bits per heavy atom. The minimum Gasteiger partial charge on any atom is -0.338 e. The van der Waals surface area contributed by atoms with Gasteiger partial charge in [-0.3, -0.25) is 4.79 Å². The lowest BCUT2D eigenvalue weighted by molar-refractivity contribution is -0.128. The highest BCUT2D eigenvalue weighted by molar-refractivity contribution is 7.99. The number of carbonyl (C=O) groups excluding carboxylic acids is 2. The van der Waals surface area contributed by atoms with Crippen LogP contribution in [0.25, 0.3) is 0 Å². The number of alkyl halides is 2. The van der Waals surface area contributed by atoms with Crippen LogP contribution in [0, 0.1) is 0 Å². The van der Waals surface area contributed by atoms with E-state index >= 15 is 0 Å². The molecule has 0 aliphatic carbocycles. The summed E-state index contributed by atoms with van der Waals surface area (Å²) in [5.74, 6) is -2.39. The van der Waals surface area contributed by atoms with Gasteiger partial charge in [0.05, 0.1) is 5.69 Å². The monoisotopic (exact) mass is 405 g/mol. The molecule has 2 N–H and O–H groups in total. The fraction of sp³-hybridized carbons (Fsp3) is 0.300. The maximum Gasteiger partial charge on any atom is 0.319 e. The van der Waals surface area contributed by atoms with Crippen LogP contribution in [0.4, 0.5) is 19.3 Å². The van der Waals surface area contributed by atoms with Gasteiger partial charge in [-0.25, -0.2) is 4.79 Å². The quantitative estimate of drug-likeness (QED) is 0.670. The molecule has 1 heterocycles. The third kappa shape index (κ3) is 5.69. The predicted octanol–water partition coefficient (Wildman–Crippen LogP) is 4.45. The maximum atomic E-state index is 12.6. The van der Waals surface area contributed by atoms with Gasteiger partial charge in [-0.1, -0.05) is 48.2 Å². The molecule has 0 radical (unpaired) electrons. The molecule has 0 atom stereocenters. The van der Waals surface area contributed by atoms with Gasteiger partial charge in [0.25, 0.3) is 5.76 Å². The Labute approximate surface area is 166 Å². The van der Waals surface area contributed by atoms with Gasteiger partial charge in [0, 0.05) is 31.0 Å². The highest BCUT2D eigenvalue weighted by Gasteiger charge is 2.20. The highest BCUT2D eigenvalue weighted by atomic mass is 32.2. The van der Waals surface area contributed by atoms with Crippen LogP contribution in [0.5, 0.6) is 0 Å². The molecule has 2 aromatic carbocycles. The molecule has 0 bridgehead atoms. The summed E-state index contributed by atoms with van der Waals surface area (Å²) in [6.45, 7) is 1.63. The molecule has 0 unspecified atom stereocenters. The van der Waals surface area contributed by atoms with Gasteiger partial charge < -0.3 is 15.5 Å². The second-order valence-corrected chi connectivity index (χ2v) is 7.45. The number of benzene rings is 2. The van der Waals surface area contributed by atoms with Crippen molar-refractivity contribution >= 4 is 29.4 Å². The summed E-state index contributed by atoms with van der Waals surface area (Å²) < 4.78 is 25.3. The first-order chi connectivity index (χ1) is 13.5. The second kappa shape index (κ2) is 9.54. The number of halogens is 2. The third-order valence-electron chi connectivity index (χ3n) is 4.34. The fourth-order valence-corrected chi connectivity index (χ4v) is 3.64. The summed E-state index contributed by atoms with van der Waals surface area (Å²) in [7, 11) is 0. The molecule has 148 valence electrons. The lowest BCUT2D eigenvalue weighted by Gasteiger charge is -2.16. The van der Waals surface area contributed by atoms with Crippen LogP contribution in [-0.2, 0) is 17.9 Å². The lowest BCUT2D eigenvalue weighted by atomic mass is 10.1. The normalized spacial score (nSPS) is 13.8. The summed E-state index contributed by atoms with van der Waals surface area (Å²) in [6, 6.07) is 13.6. The van der Waals surface area contributed by atoms with Gasteiger partial charge in [0.2, 0.25) is 5.91 Å². The van der Waals surface area contributed by atoms with Crippen molar-refractivity contribution in [3.8, 4) is 0 Å². The number of rotatable bonds is 7. The molecule has 1 aliphatic rings. The highest BCUT2D eigenvalue weighted by Crippen LogP contribution is 2.31. The van der Waals surface area contributed by atoms with Crippen LogP contribution >= 0.6 is 11.8 Å². The number of hydrogen-bond acceptors (Lipinski definition) is 3. The third-order valence-corrected chi connectivity index (χ3v) is 5.13. The van der Waals surface area contributed by atoms with Gasteiger partial charge in [-0.15, -0.1) is 0 Å². The van der Waals surface area contributed by atoms with Crippen LogP contribution in [0.2, 0.25) is 0 Å².